The van der Waals surface area contributed by atoms with Gasteiger partial charge in [0, 0.05) is 13.1 Å². The van der Waals surface area contributed by atoms with Crippen LogP contribution in [-0.4, -0.2) is 23.9 Å². The van der Waals surface area contributed by atoms with E-state index in [1.165, 1.54) is 0 Å². The Hall–Kier alpha value is -2.13. The van der Waals surface area contributed by atoms with E-state index in [0.717, 1.165) is 11.1 Å². The van der Waals surface area contributed by atoms with E-state index in [0.29, 0.717) is 13.1 Å². The van der Waals surface area contributed by atoms with Gasteiger partial charge in [-0.1, -0.05) is 60.7 Å². The van der Waals surface area contributed by atoms with Gasteiger partial charge in [-0.15, -0.1) is 0 Å². The van der Waals surface area contributed by atoms with E-state index in [1.807, 2.05) is 55.3 Å². The largest absolute Gasteiger partial charge is 0.333 e. The molecule has 0 fully saturated rings. The molecule has 0 aliphatic rings. The number of benzene rings is 2. The van der Waals surface area contributed by atoms with Crippen LogP contribution in [0.2, 0.25) is 0 Å². The molecule has 0 aromatic heterocycles. The topological polar surface area (TPSA) is 32.3 Å². The second kappa shape index (κ2) is 7.60. The second-order valence-corrected chi connectivity index (χ2v) is 5.18. The zero-order valence-electron chi connectivity index (χ0n) is 12.6. The summed E-state index contributed by atoms with van der Waals surface area (Å²) in [5.41, 5.74) is 2.29. The summed E-state index contributed by atoms with van der Waals surface area (Å²) < 4.78 is 0. The van der Waals surface area contributed by atoms with Gasteiger partial charge < -0.3 is 10.2 Å². The number of hydrogen-bond donors (Lipinski definition) is 1. The Bertz CT molecular complexity index is 512. The standard InChI is InChI=1S/C18H22N2O/c1-15(19-2)18(21)20(13-16-9-5-3-6-10-16)14-17-11-7-4-8-12-17/h3-12,15,19H,13-14H2,1-2H3/t15-/m0/s1. The number of hydrogen-bond acceptors (Lipinski definition) is 2. The minimum atomic E-state index is -0.183. The first-order valence-electron chi connectivity index (χ1n) is 7.24. The van der Waals surface area contributed by atoms with Crippen molar-refractivity contribution in [3.63, 3.8) is 0 Å². The fourth-order valence-electron chi connectivity index (χ4n) is 2.22. The Labute approximate surface area is 126 Å². The van der Waals surface area contributed by atoms with Crippen molar-refractivity contribution in [1.29, 1.82) is 0 Å². The highest BCUT2D eigenvalue weighted by atomic mass is 16.2. The summed E-state index contributed by atoms with van der Waals surface area (Å²) in [5, 5.41) is 3.03. The van der Waals surface area contributed by atoms with Crippen molar-refractivity contribution in [2.45, 2.75) is 26.1 Å². The third kappa shape index (κ3) is 4.43. The Morgan fingerprint density at radius 1 is 0.952 bits per heavy atom. The molecule has 3 heteroatoms. The van der Waals surface area contributed by atoms with Crippen LogP contribution in [0.4, 0.5) is 0 Å². The van der Waals surface area contributed by atoms with Crippen LogP contribution in [0.3, 0.4) is 0 Å². The number of nitrogens with zero attached hydrogens (tertiary/aromatic N) is 1. The lowest BCUT2D eigenvalue weighted by atomic mass is 10.1. The number of rotatable bonds is 6. The fraction of sp³-hybridized carbons (Fsp3) is 0.278. The highest BCUT2D eigenvalue weighted by Gasteiger charge is 2.19. The molecule has 3 nitrogen and oxygen atoms in total. The van der Waals surface area contributed by atoms with Crippen molar-refractivity contribution in [3.8, 4) is 0 Å². The molecule has 1 amide bonds. The van der Waals surface area contributed by atoms with Gasteiger partial charge in [0.2, 0.25) is 5.91 Å². The minimum absolute atomic E-state index is 0.116. The SMILES string of the molecule is CN[C@@H](C)C(=O)N(Cc1ccccc1)Cc1ccccc1. The molecule has 0 aliphatic carbocycles. The summed E-state index contributed by atoms with van der Waals surface area (Å²) in [6.45, 7) is 3.15. The van der Waals surface area contributed by atoms with E-state index >= 15 is 0 Å². The first kappa shape index (κ1) is 15.3. The van der Waals surface area contributed by atoms with Crippen LogP contribution in [-0.2, 0) is 17.9 Å². The molecule has 0 spiro atoms. The monoisotopic (exact) mass is 282 g/mol. The molecule has 21 heavy (non-hydrogen) atoms. The maximum atomic E-state index is 12.5. The molecule has 2 rings (SSSR count). The Morgan fingerprint density at radius 3 is 1.76 bits per heavy atom. The number of carbonyl (C=O) groups excluding carboxylic acids is 1. The van der Waals surface area contributed by atoms with Gasteiger partial charge in [0.1, 0.15) is 0 Å². The minimum Gasteiger partial charge on any atom is -0.333 e. The lowest BCUT2D eigenvalue weighted by molar-refractivity contribution is -0.134. The van der Waals surface area contributed by atoms with Gasteiger partial charge in [-0.3, -0.25) is 4.79 Å². The predicted molar refractivity (Wildman–Crippen MR) is 85.7 cm³/mol. The van der Waals surface area contributed by atoms with Crippen LogP contribution in [0, 0.1) is 0 Å². The summed E-state index contributed by atoms with van der Waals surface area (Å²) >= 11 is 0. The van der Waals surface area contributed by atoms with Crippen molar-refractivity contribution in [2.24, 2.45) is 0 Å². The van der Waals surface area contributed by atoms with E-state index in [9.17, 15) is 4.79 Å². The van der Waals surface area contributed by atoms with E-state index in [4.69, 9.17) is 0 Å². The van der Waals surface area contributed by atoms with Gasteiger partial charge in [-0.2, -0.15) is 0 Å². The van der Waals surface area contributed by atoms with Crippen LogP contribution in [0.5, 0.6) is 0 Å². The zero-order valence-corrected chi connectivity index (χ0v) is 12.6. The summed E-state index contributed by atoms with van der Waals surface area (Å²) in [5.74, 6) is 0.116. The first-order valence-corrected chi connectivity index (χ1v) is 7.24. The molecule has 1 atom stereocenters. The van der Waals surface area contributed by atoms with Crippen molar-refractivity contribution >= 4 is 5.91 Å². The third-order valence-electron chi connectivity index (χ3n) is 3.55. The Morgan fingerprint density at radius 2 is 1.38 bits per heavy atom. The summed E-state index contributed by atoms with van der Waals surface area (Å²) in [7, 11) is 1.81. The van der Waals surface area contributed by atoms with Gasteiger partial charge in [-0.05, 0) is 25.1 Å². The molecule has 110 valence electrons. The number of nitrogens with one attached hydrogen (secondary N) is 1. The average molecular weight is 282 g/mol. The average Bonchev–Trinajstić information content (AvgIpc) is 2.54. The molecule has 0 unspecified atom stereocenters. The number of likely N-dealkylation sites (N-methyl/N-ethyl adjacent to an activating group) is 1. The maximum Gasteiger partial charge on any atom is 0.240 e. The quantitative estimate of drug-likeness (QED) is 0.883. The van der Waals surface area contributed by atoms with E-state index in [-0.39, 0.29) is 11.9 Å². The molecule has 0 aliphatic heterocycles. The number of carbonyl (C=O) groups is 1. The molecule has 0 saturated carbocycles. The highest BCUT2D eigenvalue weighted by Crippen LogP contribution is 2.11. The molecule has 0 saturated heterocycles. The third-order valence-corrected chi connectivity index (χ3v) is 3.55. The molecular weight excluding hydrogens is 260 g/mol. The van der Waals surface area contributed by atoms with Crippen LogP contribution in [0.25, 0.3) is 0 Å². The normalized spacial score (nSPS) is 11.9. The molecule has 0 radical (unpaired) electrons. The fourth-order valence-corrected chi connectivity index (χ4v) is 2.22. The van der Waals surface area contributed by atoms with Crippen LogP contribution in [0.15, 0.2) is 60.7 Å². The molecule has 1 N–H and O–H groups in total. The van der Waals surface area contributed by atoms with Gasteiger partial charge in [0.25, 0.3) is 0 Å². The zero-order chi connectivity index (χ0) is 15.1. The van der Waals surface area contributed by atoms with E-state index in [1.54, 1.807) is 0 Å². The summed E-state index contributed by atoms with van der Waals surface area (Å²) in [6, 6.07) is 20.0. The first-order chi connectivity index (χ1) is 10.2. The Balaban J connectivity index is 2.16. The van der Waals surface area contributed by atoms with Crippen molar-refractivity contribution in [3.05, 3.63) is 71.8 Å². The lowest BCUT2D eigenvalue weighted by Crippen LogP contribution is -2.42. The summed E-state index contributed by atoms with van der Waals surface area (Å²) in [4.78, 5) is 14.4. The summed E-state index contributed by atoms with van der Waals surface area (Å²) in [6.07, 6.45) is 0. The van der Waals surface area contributed by atoms with Gasteiger partial charge in [0.05, 0.1) is 6.04 Å². The van der Waals surface area contributed by atoms with Crippen LogP contribution < -0.4 is 5.32 Å². The van der Waals surface area contributed by atoms with Crippen LogP contribution >= 0.6 is 0 Å². The van der Waals surface area contributed by atoms with Crippen molar-refractivity contribution in [2.75, 3.05) is 7.05 Å². The van der Waals surface area contributed by atoms with Gasteiger partial charge >= 0.3 is 0 Å². The van der Waals surface area contributed by atoms with E-state index in [2.05, 4.69) is 29.6 Å². The second-order valence-electron chi connectivity index (χ2n) is 5.18. The smallest absolute Gasteiger partial charge is 0.240 e. The molecule has 0 heterocycles. The molecule has 2 aromatic rings. The van der Waals surface area contributed by atoms with Crippen molar-refractivity contribution < 1.29 is 4.79 Å². The van der Waals surface area contributed by atoms with Gasteiger partial charge in [-0.25, -0.2) is 0 Å². The maximum absolute atomic E-state index is 12.5. The highest BCUT2D eigenvalue weighted by molar-refractivity contribution is 5.81. The molecule has 0 bridgehead atoms. The lowest BCUT2D eigenvalue weighted by Gasteiger charge is -2.26. The predicted octanol–water partition coefficient (Wildman–Crippen LogP) is 2.82. The van der Waals surface area contributed by atoms with Gasteiger partial charge in [0.15, 0.2) is 0 Å². The Kier molecular flexibility index (Phi) is 5.52. The van der Waals surface area contributed by atoms with Crippen molar-refractivity contribution in [1.82, 2.24) is 10.2 Å². The number of amides is 1. The molecule has 2 aromatic carbocycles. The van der Waals surface area contributed by atoms with Crippen LogP contribution in [0.1, 0.15) is 18.1 Å². The molecular formula is C18H22N2O. The van der Waals surface area contributed by atoms with E-state index < -0.39 is 0 Å².